The van der Waals surface area contributed by atoms with Gasteiger partial charge in [0.25, 0.3) is 0 Å². The minimum atomic E-state index is -0.394. The number of methoxy groups -OCH3 is 1. The maximum atomic E-state index is 11.0. The number of carbonyl (C=O) groups excluding carboxylic acids is 2. The average Bonchev–Trinajstić information content (AvgIpc) is 2.47. The van der Waals surface area contributed by atoms with Crippen LogP contribution in [0.4, 0.5) is 0 Å². The molecule has 4 heteroatoms. The number of hydrogen-bond acceptors (Lipinski definition) is 4. The molecule has 4 nitrogen and oxygen atoms in total. The summed E-state index contributed by atoms with van der Waals surface area (Å²) in [4.78, 5) is 20.8. The van der Waals surface area contributed by atoms with Crippen molar-refractivity contribution in [3.63, 3.8) is 0 Å². The SMILES string of the molecule is C=C(C)C.C=C(C)C(=O)Oc1ccccc1.C=CC(=O)OC. The largest absolute Gasteiger partial charge is 0.466 e. The van der Waals surface area contributed by atoms with E-state index in [1.165, 1.54) is 12.7 Å². The second-order valence-corrected chi connectivity index (χ2v) is 4.42. The Balaban J connectivity index is 0. The number of para-hydroxylation sites is 1. The van der Waals surface area contributed by atoms with Gasteiger partial charge in [0.2, 0.25) is 0 Å². The van der Waals surface area contributed by atoms with Crippen LogP contribution in [0.2, 0.25) is 0 Å². The van der Waals surface area contributed by atoms with Crippen molar-refractivity contribution in [3.8, 4) is 5.75 Å². The minimum Gasteiger partial charge on any atom is -0.466 e. The first-order valence-electron chi connectivity index (χ1n) is 6.49. The molecule has 0 spiro atoms. The molecule has 0 aromatic heterocycles. The van der Waals surface area contributed by atoms with E-state index in [-0.39, 0.29) is 5.97 Å². The summed E-state index contributed by atoms with van der Waals surface area (Å²) in [6, 6.07) is 8.92. The van der Waals surface area contributed by atoms with Gasteiger partial charge in [-0.3, -0.25) is 0 Å². The maximum Gasteiger partial charge on any atom is 0.338 e. The highest BCUT2D eigenvalue weighted by Gasteiger charge is 2.03. The van der Waals surface area contributed by atoms with Crippen LogP contribution in [0.3, 0.4) is 0 Å². The second-order valence-electron chi connectivity index (χ2n) is 4.42. The fourth-order valence-corrected chi connectivity index (χ4v) is 0.766. The predicted molar refractivity (Wildman–Crippen MR) is 89.6 cm³/mol. The van der Waals surface area contributed by atoms with Gasteiger partial charge in [0, 0.05) is 11.6 Å². The lowest BCUT2D eigenvalue weighted by Gasteiger charge is -2.01. The van der Waals surface area contributed by atoms with Crippen molar-refractivity contribution in [3.05, 3.63) is 67.3 Å². The zero-order chi connectivity index (χ0) is 17.5. The molecule has 0 radical (unpaired) electrons. The van der Waals surface area contributed by atoms with Gasteiger partial charge in [0.1, 0.15) is 5.75 Å². The Morgan fingerprint density at radius 1 is 1.05 bits per heavy atom. The van der Waals surface area contributed by atoms with Gasteiger partial charge < -0.3 is 9.47 Å². The quantitative estimate of drug-likeness (QED) is 0.365. The van der Waals surface area contributed by atoms with Crippen LogP contribution >= 0.6 is 0 Å². The zero-order valence-corrected chi connectivity index (χ0v) is 13.7. The first-order valence-corrected chi connectivity index (χ1v) is 6.49. The molecule has 0 saturated carbocycles. The number of rotatable bonds is 3. The lowest BCUT2D eigenvalue weighted by molar-refractivity contribution is -0.134. The molecule has 1 rings (SSSR count). The topological polar surface area (TPSA) is 52.6 Å². The van der Waals surface area contributed by atoms with E-state index in [1.807, 2.05) is 19.9 Å². The lowest BCUT2D eigenvalue weighted by atomic mass is 10.3. The van der Waals surface area contributed by atoms with Gasteiger partial charge >= 0.3 is 11.9 Å². The van der Waals surface area contributed by atoms with Crippen molar-refractivity contribution < 1.29 is 19.1 Å². The van der Waals surface area contributed by atoms with Crippen molar-refractivity contribution in [1.82, 2.24) is 0 Å². The summed E-state index contributed by atoms with van der Waals surface area (Å²) in [5, 5.41) is 0. The van der Waals surface area contributed by atoms with E-state index in [0.29, 0.717) is 11.3 Å². The van der Waals surface area contributed by atoms with Crippen LogP contribution in [0.1, 0.15) is 20.8 Å². The molecule has 0 unspecified atom stereocenters. The van der Waals surface area contributed by atoms with Crippen molar-refractivity contribution in [2.75, 3.05) is 7.11 Å². The van der Waals surface area contributed by atoms with Crippen LogP contribution in [-0.2, 0) is 14.3 Å². The standard InChI is InChI=1S/C10H10O2.C4H6O2.C4H8/c1-8(2)10(11)12-9-6-4-3-5-7-9;1-3-4(5)6-2;1-4(2)3/h3-7H,1H2,2H3;3H,1H2,2H3;1H2,2-3H3. The minimum absolute atomic E-state index is 0.388. The predicted octanol–water partition coefficient (Wildman–Crippen LogP) is 4.10. The number of ether oxygens (including phenoxy) is 2. The molecule has 120 valence electrons. The van der Waals surface area contributed by atoms with Crippen molar-refractivity contribution >= 4 is 11.9 Å². The van der Waals surface area contributed by atoms with E-state index in [2.05, 4.69) is 24.5 Å². The highest BCUT2D eigenvalue weighted by atomic mass is 16.5. The van der Waals surface area contributed by atoms with Crippen LogP contribution in [-0.4, -0.2) is 19.0 Å². The van der Waals surface area contributed by atoms with E-state index < -0.39 is 5.97 Å². The Hall–Kier alpha value is -2.62. The third-order valence-electron chi connectivity index (χ3n) is 1.67. The van der Waals surface area contributed by atoms with Crippen LogP contribution in [0, 0.1) is 0 Å². The zero-order valence-electron chi connectivity index (χ0n) is 13.7. The first kappa shape index (κ1) is 21.7. The van der Waals surface area contributed by atoms with E-state index in [4.69, 9.17) is 4.74 Å². The molecule has 0 fully saturated rings. The van der Waals surface area contributed by atoms with Gasteiger partial charge in [-0.05, 0) is 32.9 Å². The van der Waals surface area contributed by atoms with Crippen LogP contribution < -0.4 is 4.74 Å². The Kier molecular flexibility index (Phi) is 13.2. The molecule has 0 aliphatic rings. The molecule has 1 aromatic rings. The normalized spacial score (nSPS) is 8.00. The summed E-state index contributed by atoms with van der Waals surface area (Å²) in [7, 11) is 1.31. The Bertz CT molecular complexity index is 497. The first-order chi connectivity index (χ1) is 10.2. The highest BCUT2D eigenvalue weighted by molar-refractivity contribution is 5.88. The van der Waals surface area contributed by atoms with E-state index in [1.54, 1.807) is 31.2 Å². The van der Waals surface area contributed by atoms with E-state index in [0.717, 1.165) is 6.08 Å². The van der Waals surface area contributed by atoms with Gasteiger partial charge in [0.05, 0.1) is 7.11 Å². The van der Waals surface area contributed by atoms with Crippen molar-refractivity contribution in [2.45, 2.75) is 20.8 Å². The molecule has 0 N–H and O–H groups in total. The summed E-state index contributed by atoms with van der Waals surface area (Å²) < 4.78 is 9.08. The van der Waals surface area contributed by atoms with Crippen LogP contribution in [0.15, 0.2) is 67.3 Å². The molecule has 0 bridgehead atoms. The molecular weight excluding hydrogens is 280 g/mol. The van der Waals surface area contributed by atoms with E-state index >= 15 is 0 Å². The number of carbonyl (C=O) groups is 2. The number of hydrogen-bond donors (Lipinski definition) is 0. The van der Waals surface area contributed by atoms with Gasteiger partial charge in [0.15, 0.2) is 0 Å². The highest BCUT2D eigenvalue weighted by Crippen LogP contribution is 2.09. The Morgan fingerprint density at radius 2 is 1.50 bits per heavy atom. The maximum absolute atomic E-state index is 11.0. The molecule has 0 atom stereocenters. The number of allylic oxidation sites excluding steroid dienone is 1. The Labute approximate surface area is 132 Å². The fourth-order valence-electron chi connectivity index (χ4n) is 0.766. The molecule has 0 aliphatic heterocycles. The smallest absolute Gasteiger partial charge is 0.338 e. The number of esters is 2. The summed E-state index contributed by atoms with van der Waals surface area (Å²) in [5.41, 5.74) is 1.57. The average molecular weight is 304 g/mol. The van der Waals surface area contributed by atoms with Crippen LogP contribution in [0.25, 0.3) is 0 Å². The molecule has 0 saturated heterocycles. The second kappa shape index (κ2) is 13.4. The molecule has 0 amide bonds. The summed E-state index contributed by atoms with van der Waals surface area (Å²) >= 11 is 0. The summed E-state index contributed by atoms with van der Waals surface area (Å²) in [6.45, 7) is 15.7. The van der Waals surface area contributed by atoms with Crippen molar-refractivity contribution in [2.24, 2.45) is 0 Å². The summed E-state index contributed by atoms with van der Waals surface area (Å²) in [6.07, 6.45) is 1.11. The monoisotopic (exact) mass is 304 g/mol. The number of benzene rings is 1. The molecule has 22 heavy (non-hydrogen) atoms. The molecule has 0 aliphatic carbocycles. The Morgan fingerprint density at radius 3 is 1.77 bits per heavy atom. The fraction of sp³-hybridized carbons (Fsp3) is 0.222. The van der Waals surface area contributed by atoms with Gasteiger partial charge in [-0.25, -0.2) is 9.59 Å². The van der Waals surface area contributed by atoms with Crippen LogP contribution in [0.5, 0.6) is 5.75 Å². The lowest BCUT2D eigenvalue weighted by Crippen LogP contribution is -2.07. The summed E-state index contributed by atoms with van der Waals surface area (Å²) in [5.74, 6) is -0.235. The van der Waals surface area contributed by atoms with Crippen molar-refractivity contribution in [1.29, 1.82) is 0 Å². The van der Waals surface area contributed by atoms with Gasteiger partial charge in [-0.2, -0.15) is 0 Å². The third kappa shape index (κ3) is 15.4. The van der Waals surface area contributed by atoms with E-state index in [9.17, 15) is 9.59 Å². The molecule has 1 aromatic carbocycles. The molecular formula is C18H24O4. The molecule has 0 heterocycles. The third-order valence-corrected chi connectivity index (χ3v) is 1.67. The van der Waals surface area contributed by atoms with Gasteiger partial charge in [-0.15, -0.1) is 6.58 Å². The van der Waals surface area contributed by atoms with Gasteiger partial charge in [-0.1, -0.05) is 36.9 Å².